The molecule has 1 atom stereocenters. The Morgan fingerprint density at radius 2 is 2.11 bits per heavy atom. The van der Waals surface area contributed by atoms with Gasteiger partial charge >= 0.3 is 12.0 Å². The van der Waals surface area contributed by atoms with Crippen molar-refractivity contribution in [3.8, 4) is 5.75 Å². The van der Waals surface area contributed by atoms with Gasteiger partial charge in [-0.15, -0.1) is 0 Å². The summed E-state index contributed by atoms with van der Waals surface area (Å²) in [6.45, 7) is 1.44. The lowest BCUT2D eigenvalue weighted by Gasteiger charge is -2.22. The minimum atomic E-state index is -1.06. The number of hydrogen-bond donors (Lipinski definition) is 2. The van der Waals surface area contributed by atoms with Crippen molar-refractivity contribution in [3.05, 3.63) is 22.7 Å². The third-order valence-corrected chi connectivity index (χ3v) is 3.28. The molecule has 0 aliphatic heterocycles. The van der Waals surface area contributed by atoms with Crippen LogP contribution in [0.5, 0.6) is 5.75 Å². The van der Waals surface area contributed by atoms with Crippen LogP contribution in [0.4, 0.5) is 10.5 Å². The number of halogens is 1. The van der Waals surface area contributed by atoms with Gasteiger partial charge < -0.3 is 20.1 Å². The molecule has 1 rings (SSSR count). The normalized spacial score (nSPS) is 11.6. The van der Waals surface area contributed by atoms with E-state index in [9.17, 15) is 9.59 Å². The second-order valence-electron chi connectivity index (χ2n) is 3.90. The van der Waals surface area contributed by atoms with Crippen LogP contribution in [0.25, 0.3) is 0 Å². The molecular weight excluding hydrogens is 316 g/mol. The Hall–Kier alpha value is -1.76. The number of benzene rings is 1. The van der Waals surface area contributed by atoms with E-state index in [1.165, 1.54) is 14.0 Å². The van der Waals surface area contributed by atoms with Gasteiger partial charge in [0.2, 0.25) is 0 Å². The van der Waals surface area contributed by atoms with Gasteiger partial charge in [-0.2, -0.15) is 0 Å². The van der Waals surface area contributed by atoms with E-state index in [0.29, 0.717) is 15.9 Å². The summed E-state index contributed by atoms with van der Waals surface area (Å²) < 4.78 is 5.77. The Morgan fingerprint density at radius 1 is 1.47 bits per heavy atom. The van der Waals surface area contributed by atoms with Crippen LogP contribution in [-0.2, 0) is 4.79 Å². The van der Waals surface area contributed by atoms with E-state index < -0.39 is 18.0 Å². The Kier molecular flexibility index (Phi) is 5.17. The lowest BCUT2D eigenvalue weighted by molar-refractivity contribution is -0.141. The van der Waals surface area contributed by atoms with Crippen molar-refractivity contribution in [2.75, 3.05) is 19.5 Å². The summed E-state index contributed by atoms with van der Waals surface area (Å²) in [5.41, 5.74) is 0.544. The predicted molar refractivity (Wildman–Crippen MR) is 74.6 cm³/mol. The maximum Gasteiger partial charge on any atom is 0.326 e. The van der Waals surface area contributed by atoms with Crippen LogP contribution in [0.3, 0.4) is 0 Å². The Bertz CT molecular complexity index is 493. The number of carboxylic acids is 1. The van der Waals surface area contributed by atoms with E-state index in [1.54, 1.807) is 25.3 Å². The average Bonchev–Trinajstić information content (AvgIpc) is 2.37. The monoisotopic (exact) mass is 330 g/mol. The maximum atomic E-state index is 11.8. The standard InChI is InChI=1S/C12H15BrN2O4/c1-7(11(16)17)15(2)12(18)14-8-4-5-10(19-3)9(13)6-8/h4-7H,1-3H3,(H,14,18)(H,16,17). The molecule has 0 aliphatic rings. The zero-order chi connectivity index (χ0) is 14.6. The van der Waals surface area contributed by atoms with Crippen LogP contribution < -0.4 is 10.1 Å². The molecule has 0 saturated carbocycles. The summed E-state index contributed by atoms with van der Waals surface area (Å²) in [7, 11) is 2.97. The molecular formula is C12H15BrN2O4. The number of urea groups is 1. The SMILES string of the molecule is COc1ccc(NC(=O)N(C)C(C)C(=O)O)cc1Br. The first-order valence-electron chi connectivity index (χ1n) is 5.47. The van der Waals surface area contributed by atoms with Gasteiger partial charge in [-0.25, -0.2) is 9.59 Å². The Balaban J connectivity index is 2.77. The molecule has 1 unspecified atom stereocenters. The van der Waals surface area contributed by atoms with Crippen molar-refractivity contribution in [2.45, 2.75) is 13.0 Å². The molecule has 2 N–H and O–H groups in total. The number of likely N-dealkylation sites (N-methyl/N-ethyl adjacent to an activating group) is 1. The van der Waals surface area contributed by atoms with Gasteiger partial charge in [0, 0.05) is 12.7 Å². The van der Waals surface area contributed by atoms with E-state index in [-0.39, 0.29) is 0 Å². The third kappa shape index (κ3) is 3.85. The number of carbonyl (C=O) groups is 2. The molecule has 2 amide bonds. The van der Waals surface area contributed by atoms with Crippen molar-refractivity contribution in [2.24, 2.45) is 0 Å². The van der Waals surface area contributed by atoms with Crippen LogP contribution in [-0.4, -0.2) is 42.2 Å². The fraction of sp³-hybridized carbons (Fsp3) is 0.333. The number of anilines is 1. The highest BCUT2D eigenvalue weighted by Crippen LogP contribution is 2.27. The highest BCUT2D eigenvalue weighted by molar-refractivity contribution is 9.10. The number of nitrogens with one attached hydrogen (secondary N) is 1. The van der Waals surface area contributed by atoms with E-state index in [1.807, 2.05) is 0 Å². The van der Waals surface area contributed by atoms with Crippen LogP contribution in [0.2, 0.25) is 0 Å². The topological polar surface area (TPSA) is 78.9 Å². The van der Waals surface area contributed by atoms with E-state index >= 15 is 0 Å². The first kappa shape index (κ1) is 15.3. The van der Waals surface area contributed by atoms with Crippen molar-refractivity contribution < 1.29 is 19.4 Å². The number of aliphatic carboxylic acids is 1. The van der Waals surface area contributed by atoms with Gasteiger partial charge in [-0.3, -0.25) is 0 Å². The smallest absolute Gasteiger partial charge is 0.326 e. The van der Waals surface area contributed by atoms with E-state index in [0.717, 1.165) is 4.90 Å². The van der Waals surface area contributed by atoms with Crippen LogP contribution in [0, 0.1) is 0 Å². The molecule has 0 aliphatic carbocycles. The first-order valence-corrected chi connectivity index (χ1v) is 6.26. The zero-order valence-corrected chi connectivity index (χ0v) is 12.4. The molecule has 7 heteroatoms. The molecule has 19 heavy (non-hydrogen) atoms. The number of carboxylic acid groups (broad SMARTS) is 1. The number of methoxy groups -OCH3 is 1. The molecule has 0 fully saturated rings. The maximum absolute atomic E-state index is 11.8. The summed E-state index contributed by atoms with van der Waals surface area (Å²) in [6, 6.07) is 3.64. The number of hydrogen-bond acceptors (Lipinski definition) is 3. The number of nitrogens with zero attached hydrogens (tertiary/aromatic N) is 1. The lowest BCUT2D eigenvalue weighted by Crippen LogP contribution is -2.42. The van der Waals surface area contributed by atoms with Gasteiger partial charge in [0.05, 0.1) is 11.6 Å². The molecule has 1 aromatic rings. The molecule has 0 spiro atoms. The number of amides is 2. The van der Waals surface area contributed by atoms with Crippen LogP contribution >= 0.6 is 15.9 Å². The summed E-state index contributed by atoms with van der Waals surface area (Å²) in [5, 5.41) is 11.4. The van der Waals surface area contributed by atoms with Gasteiger partial charge in [0.25, 0.3) is 0 Å². The molecule has 0 radical (unpaired) electrons. The minimum absolute atomic E-state index is 0.494. The molecule has 0 heterocycles. The van der Waals surface area contributed by atoms with E-state index in [2.05, 4.69) is 21.2 Å². The molecule has 1 aromatic carbocycles. The van der Waals surface area contributed by atoms with Gasteiger partial charge in [-0.05, 0) is 41.1 Å². The first-order chi connectivity index (χ1) is 8.86. The Morgan fingerprint density at radius 3 is 2.58 bits per heavy atom. The van der Waals surface area contributed by atoms with Gasteiger partial charge in [0.1, 0.15) is 11.8 Å². The van der Waals surface area contributed by atoms with Crippen LogP contribution in [0.1, 0.15) is 6.92 Å². The van der Waals surface area contributed by atoms with E-state index in [4.69, 9.17) is 9.84 Å². The van der Waals surface area contributed by atoms with Gasteiger partial charge in [0.15, 0.2) is 0 Å². The average molecular weight is 331 g/mol. The highest BCUT2D eigenvalue weighted by atomic mass is 79.9. The van der Waals surface area contributed by atoms with Crippen molar-refractivity contribution in [1.29, 1.82) is 0 Å². The third-order valence-electron chi connectivity index (χ3n) is 2.66. The molecule has 104 valence electrons. The second-order valence-corrected chi connectivity index (χ2v) is 4.76. The molecule has 0 aromatic heterocycles. The number of carbonyl (C=O) groups excluding carboxylic acids is 1. The number of ether oxygens (including phenoxy) is 1. The minimum Gasteiger partial charge on any atom is -0.496 e. The fourth-order valence-electron chi connectivity index (χ4n) is 1.30. The molecule has 0 bridgehead atoms. The van der Waals surface area contributed by atoms with Gasteiger partial charge in [-0.1, -0.05) is 0 Å². The zero-order valence-electron chi connectivity index (χ0n) is 10.8. The molecule has 6 nitrogen and oxygen atoms in total. The van der Waals surface area contributed by atoms with Crippen molar-refractivity contribution in [1.82, 2.24) is 4.90 Å². The van der Waals surface area contributed by atoms with Crippen molar-refractivity contribution >= 4 is 33.6 Å². The summed E-state index contributed by atoms with van der Waals surface area (Å²) in [5.74, 6) is -0.418. The summed E-state index contributed by atoms with van der Waals surface area (Å²) in [4.78, 5) is 23.7. The van der Waals surface area contributed by atoms with Crippen LogP contribution in [0.15, 0.2) is 22.7 Å². The summed E-state index contributed by atoms with van der Waals surface area (Å²) >= 11 is 3.30. The fourth-order valence-corrected chi connectivity index (χ4v) is 1.84. The van der Waals surface area contributed by atoms with Crippen molar-refractivity contribution in [3.63, 3.8) is 0 Å². The largest absolute Gasteiger partial charge is 0.496 e. The highest BCUT2D eigenvalue weighted by Gasteiger charge is 2.21. The quantitative estimate of drug-likeness (QED) is 0.888. The predicted octanol–water partition coefficient (Wildman–Crippen LogP) is 2.39. The summed E-state index contributed by atoms with van der Waals surface area (Å²) in [6.07, 6.45) is 0. The molecule has 0 saturated heterocycles. The number of rotatable bonds is 4. The Labute approximate surface area is 119 Å². The lowest BCUT2D eigenvalue weighted by atomic mass is 10.3. The second kappa shape index (κ2) is 6.42.